The summed E-state index contributed by atoms with van der Waals surface area (Å²) in [6.07, 6.45) is 2.49. The van der Waals surface area contributed by atoms with Crippen molar-refractivity contribution in [1.29, 1.82) is 0 Å². The Bertz CT molecular complexity index is 374. The third kappa shape index (κ3) is 4.78. The number of carboxylic acids is 1. The van der Waals surface area contributed by atoms with Crippen LogP contribution in [0.15, 0.2) is 24.3 Å². The molecule has 1 rings (SSSR count). The molecule has 0 amide bonds. The van der Waals surface area contributed by atoms with E-state index in [9.17, 15) is 4.79 Å². The summed E-state index contributed by atoms with van der Waals surface area (Å²) in [6, 6.07) is 7.73. The van der Waals surface area contributed by atoms with Crippen molar-refractivity contribution in [1.82, 2.24) is 0 Å². The first-order valence-corrected chi connectivity index (χ1v) is 6.35. The number of aryl methyl sites for hydroxylation is 1. The van der Waals surface area contributed by atoms with Gasteiger partial charge < -0.3 is 5.11 Å². The molecule has 94 valence electrons. The van der Waals surface area contributed by atoms with Crippen LogP contribution in [-0.4, -0.2) is 11.1 Å². The first kappa shape index (κ1) is 14.0. The van der Waals surface area contributed by atoms with Crippen molar-refractivity contribution < 1.29 is 9.90 Å². The maximum absolute atomic E-state index is 11.0. The molecule has 0 spiro atoms. The van der Waals surface area contributed by atoms with Crippen LogP contribution in [0.4, 0.5) is 0 Å². The summed E-state index contributed by atoms with van der Waals surface area (Å²) in [6.45, 7) is 3.91. The zero-order valence-corrected chi connectivity index (χ0v) is 11.1. The Morgan fingerprint density at radius 1 is 1.41 bits per heavy atom. The molecule has 2 nitrogen and oxygen atoms in total. The maximum atomic E-state index is 11.0. The van der Waals surface area contributed by atoms with Gasteiger partial charge in [0.2, 0.25) is 0 Å². The van der Waals surface area contributed by atoms with Gasteiger partial charge in [0.15, 0.2) is 0 Å². The van der Waals surface area contributed by atoms with Crippen LogP contribution < -0.4 is 0 Å². The highest BCUT2D eigenvalue weighted by Gasteiger charge is 2.20. The number of benzene rings is 1. The Morgan fingerprint density at radius 2 is 2.12 bits per heavy atom. The molecule has 0 aliphatic heterocycles. The SMILES string of the molecule is CC(C)C(CCCc1cccc(Cl)c1)C(=O)O. The fraction of sp³-hybridized carbons (Fsp3) is 0.500. The van der Waals surface area contributed by atoms with E-state index in [1.807, 2.05) is 38.1 Å². The van der Waals surface area contributed by atoms with E-state index in [0.717, 1.165) is 24.3 Å². The van der Waals surface area contributed by atoms with Crippen LogP contribution in [0.1, 0.15) is 32.3 Å². The minimum Gasteiger partial charge on any atom is -0.481 e. The second kappa shape index (κ2) is 6.65. The minimum atomic E-state index is -0.689. The van der Waals surface area contributed by atoms with Crippen molar-refractivity contribution in [2.75, 3.05) is 0 Å². The van der Waals surface area contributed by atoms with E-state index < -0.39 is 5.97 Å². The molecular weight excluding hydrogens is 236 g/mol. The van der Waals surface area contributed by atoms with Crippen molar-refractivity contribution in [3.63, 3.8) is 0 Å². The molecule has 0 aliphatic rings. The van der Waals surface area contributed by atoms with Gasteiger partial charge in [-0.15, -0.1) is 0 Å². The third-order valence-electron chi connectivity index (χ3n) is 2.99. The van der Waals surface area contributed by atoms with Gasteiger partial charge in [-0.25, -0.2) is 0 Å². The zero-order chi connectivity index (χ0) is 12.8. The summed E-state index contributed by atoms with van der Waals surface area (Å²) < 4.78 is 0. The fourth-order valence-corrected chi connectivity index (χ4v) is 2.17. The topological polar surface area (TPSA) is 37.3 Å². The lowest BCUT2D eigenvalue weighted by atomic mass is 9.90. The van der Waals surface area contributed by atoms with Crippen LogP contribution in [0.3, 0.4) is 0 Å². The highest BCUT2D eigenvalue weighted by molar-refractivity contribution is 6.30. The first-order chi connectivity index (χ1) is 8.00. The number of halogens is 1. The lowest BCUT2D eigenvalue weighted by Gasteiger charge is -2.15. The van der Waals surface area contributed by atoms with Crippen LogP contribution in [0.2, 0.25) is 5.02 Å². The molecular formula is C14H19ClO2. The molecule has 1 atom stereocenters. The molecule has 1 N–H and O–H groups in total. The molecule has 1 unspecified atom stereocenters. The Labute approximate surface area is 108 Å². The average Bonchev–Trinajstić information content (AvgIpc) is 2.23. The van der Waals surface area contributed by atoms with E-state index in [1.54, 1.807) is 0 Å². The minimum absolute atomic E-state index is 0.187. The second-order valence-electron chi connectivity index (χ2n) is 4.71. The van der Waals surface area contributed by atoms with Gasteiger partial charge in [0, 0.05) is 5.02 Å². The highest BCUT2D eigenvalue weighted by Crippen LogP contribution is 2.20. The molecule has 1 aromatic rings. The summed E-state index contributed by atoms with van der Waals surface area (Å²) in [7, 11) is 0. The maximum Gasteiger partial charge on any atom is 0.306 e. The number of hydrogen-bond acceptors (Lipinski definition) is 1. The van der Waals surface area contributed by atoms with Crippen molar-refractivity contribution in [3.05, 3.63) is 34.9 Å². The van der Waals surface area contributed by atoms with Gasteiger partial charge in [0.1, 0.15) is 0 Å². The normalized spacial score (nSPS) is 12.7. The van der Waals surface area contributed by atoms with Crippen LogP contribution in [-0.2, 0) is 11.2 Å². The van der Waals surface area contributed by atoms with Gasteiger partial charge in [-0.3, -0.25) is 4.79 Å². The van der Waals surface area contributed by atoms with Gasteiger partial charge in [0.05, 0.1) is 5.92 Å². The van der Waals surface area contributed by atoms with Gasteiger partial charge in [-0.2, -0.15) is 0 Å². The molecule has 0 bridgehead atoms. The molecule has 3 heteroatoms. The van der Waals surface area contributed by atoms with Crippen molar-refractivity contribution in [3.8, 4) is 0 Å². The van der Waals surface area contributed by atoms with Crippen LogP contribution >= 0.6 is 11.6 Å². The van der Waals surface area contributed by atoms with Crippen LogP contribution in [0.25, 0.3) is 0 Å². The van der Waals surface area contributed by atoms with Crippen molar-refractivity contribution in [2.24, 2.45) is 11.8 Å². The summed E-state index contributed by atoms with van der Waals surface area (Å²) >= 11 is 5.89. The van der Waals surface area contributed by atoms with Crippen LogP contribution in [0, 0.1) is 11.8 Å². The van der Waals surface area contributed by atoms with E-state index in [-0.39, 0.29) is 11.8 Å². The standard InChI is InChI=1S/C14H19ClO2/c1-10(2)13(14(16)17)8-4-6-11-5-3-7-12(15)9-11/h3,5,7,9-10,13H,4,6,8H2,1-2H3,(H,16,17). The van der Waals surface area contributed by atoms with E-state index in [1.165, 1.54) is 5.56 Å². The third-order valence-corrected chi connectivity index (χ3v) is 3.23. The summed E-state index contributed by atoms with van der Waals surface area (Å²) in [5.41, 5.74) is 1.17. The monoisotopic (exact) mass is 254 g/mol. The Kier molecular flexibility index (Phi) is 5.49. The summed E-state index contributed by atoms with van der Waals surface area (Å²) in [5, 5.41) is 9.80. The predicted octanol–water partition coefficient (Wildman–Crippen LogP) is 4.02. The largest absolute Gasteiger partial charge is 0.481 e. The molecule has 0 saturated heterocycles. The predicted molar refractivity (Wildman–Crippen MR) is 70.4 cm³/mol. The van der Waals surface area contributed by atoms with Crippen LogP contribution in [0.5, 0.6) is 0 Å². The number of aliphatic carboxylic acids is 1. The van der Waals surface area contributed by atoms with E-state index >= 15 is 0 Å². The Morgan fingerprint density at radius 3 is 2.65 bits per heavy atom. The van der Waals surface area contributed by atoms with E-state index in [4.69, 9.17) is 16.7 Å². The Hall–Kier alpha value is -1.02. The quantitative estimate of drug-likeness (QED) is 0.833. The number of carboxylic acid groups (broad SMARTS) is 1. The van der Waals surface area contributed by atoms with Gasteiger partial charge >= 0.3 is 5.97 Å². The molecule has 0 heterocycles. The molecule has 0 radical (unpaired) electrons. The molecule has 17 heavy (non-hydrogen) atoms. The smallest absolute Gasteiger partial charge is 0.306 e. The first-order valence-electron chi connectivity index (χ1n) is 5.98. The lowest BCUT2D eigenvalue weighted by molar-refractivity contribution is -0.143. The second-order valence-corrected chi connectivity index (χ2v) is 5.15. The fourth-order valence-electron chi connectivity index (χ4n) is 1.96. The number of rotatable bonds is 6. The highest BCUT2D eigenvalue weighted by atomic mass is 35.5. The van der Waals surface area contributed by atoms with E-state index in [0.29, 0.717) is 0 Å². The van der Waals surface area contributed by atoms with Gasteiger partial charge in [-0.05, 0) is 42.9 Å². The average molecular weight is 255 g/mol. The molecule has 0 aromatic heterocycles. The number of hydrogen-bond donors (Lipinski definition) is 1. The zero-order valence-electron chi connectivity index (χ0n) is 10.3. The molecule has 0 saturated carbocycles. The Balaban J connectivity index is 2.44. The summed E-state index contributed by atoms with van der Waals surface area (Å²) in [5.74, 6) is -0.743. The number of carbonyl (C=O) groups is 1. The van der Waals surface area contributed by atoms with Gasteiger partial charge in [0.25, 0.3) is 0 Å². The van der Waals surface area contributed by atoms with Gasteiger partial charge in [-0.1, -0.05) is 37.6 Å². The molecule has 1 aromatic carbocycles. The lowest BCUT2D eigenvalue weighted by Crippen LogP contribution is -2.19. The summed E-state index contributed by atoms with van der Waals surface area (Å²) in [4.78, 5) is 11.0. The molecule has 0 aliphatic carbocycles. The van der Waals surface area contributed by atoms with E-state index in [2.05, 4.69) is 0 Å². The van der Waals surface area contributed by atoms with Crippen molar-refractivity contribution >= 4 is 17.6 Å². The van der Waals surface area contributed by atoms with Crippen molar-refractivity contribution in [2.45, 2.75) is 33.1 Å². The molecule has 0 fully saturated rings.